The number of ether oxygens (including phenoxy) is 1. The molecule has 0 heterocycles. The van der Waals surface area contributed by atoms with Gasteiger partial charge in [-0.25, -0.2) is 0 Å². The smallest absolute Gasteiger partial charge is 0.305 e. The molecule has 2 atom stereocenters. The van der Waals surface area contributed by atoms with Crippen LogP contribution >= 0.6 is 0 Å². The van der Waals surface area contributed by atoms with Gasteiger partial charge < -0.3 is 20.3 Å². The Kier molecular flexibility index (Phi) is 73.8. The predicted molar refractivity (Wildman–Crippen MR) is 375 cm³/mol. The van der Waals surface area contributed by atoms with Gasteiger partial charge in [0.15, 0.2) is 0 Å². The third kappa shape index (κ3) is 71.6. The zero-order valence-electron chi connectivity index (χ0n) is 58.1. The van der Waals surface area contributed by atoms with Gasteiger partial charge in [-0.2, -0.15) is 0 Å². The number of carbonyl (C=O) groups is 2. The van der Waals surface area contributed by atoms with E-state index < -0.39 is 12.1 Å². The Hall–Kier alpha value is -1.40. The van der Waals surface area contributed by atoms with Gasteiger partial charge >= 0.3 is 5.97 Å². The van der Waals surface area contributed by atoms with Crippen LogP contribution in [0.1, 0.15) is 457 Å². The average molecular weight is 1200 g/mol. The van der Waals surface area contributed by atoms with E-state index in [2.05, 4.69) is 31.3 Å². The number of rotatable bonds is 75. The summed E-state index contributed by atoms with van der Waals surface area (Å²) in [5.74, 6) is -0.0128. The van der Waals surface area contributed by atoms with E-state index in [1.807, 2.05) is 0 Å². The summed E-state index contributed by atoms with van der Waals surface area (Å²) < 4.78 is 5.48. The number of hydrogen-bond donors (Lipinski definition) is 3. The first-order valence-electron chi connectivity index (χ1n) is 39.4. The molecule has 3 N–H and O–H groups in total. The molecule has 506 valence electrons. The number of amides is 1. The minimum atomic E-state index is -0.662. The molecule has 0 aliphatic carbocycles. The molecule has 0 aliphatic heterocycles. The van der Waals surface area contributed by atoms with Crippen molar-refractivity contribution >= 4 is 11.9 Å². The Bertz CT molecular complexity index is 1290. The SMILES string of the molecule is CCCCC/C=C\CCCCCCCC(=O)OCCCCCCCCCCCCCCCCCCCCCCCCCCCCCCCCCC(=O)NC(CO)C(O)CCCCCCCCCCCCCCCCCCCCCCCCCCC. The van der Waals surface area contributed by atoms with Crippen molar-refractivity contribution in [1.29, 1.82) is 0 Å². The number of aliphatic hydroxyl groups excluding tert-OH is 2. The van der Waals surface area contributed by atoms with E-state index >= 15 is 0 Å². The number of esters is 1. The van der Waals surface area contributed by atoms with Gasteiger partial charge in [-0.15, -0.1) is 0 Å². The van der Waals surface area contributed by atoms with Crippen molar-refractivity contribution in [2.45, 2.75) is 469 Å². The first kappa shape index (κ1) is 83.6. The van der Waals surface area contributed by atoms with E-state index in [-0.39, 0.29) is 18.5 Å². The summed E-state index contributed by atoms with van der Waals surface area (Å²) in [6.07, 6.45) is 94.5. The molecule has 0 aromatic rings. The summed E-state index contributed by atoms with van der Waals surface area (Å²) in [6, 6.07) is -0.539. The molecule has 1 amide bonds. The maximum atomic E-state index is 12.6. The molecular formula is C79H155NO5. The second kappa shape index (κ2) is 75.1. The van der Waals surface area contributed by atoms with Crippen LogP contribution < -0.4 is 5.32 Å². The summed E-state index contributed by atoms with van der Waals surface area (Å²) in [5.41, 5.74) is 0. The third-order valence-corrected chi connectivity index (χ3v) is 18.8. The fourth-order valence-electron chi connectivity index (χ4n) is 12.8. The van der Waals surface area contributed by atoms with E-state index in [9.17, 15) is 19.8 Å². The van der Waals surface area contributed by atoms with Crippen LogP contribution in [0.4, 0.5) is 0 Å². The highest BCUT2D eigenvalue weighted by Gasteiger charge is 2.20. The van der Waals surface area contributed by atoms with Crippen LogP contribution in [0.5, 0.6) is 0 Å². The summed E-state index contributed by atoms with van der Waals surface area (Å²) in [4.78, 5) is 24.6. The summed E-state index contributed by atoms with van der Waals surface area (Å²) in [5, 5.41) is 23.5. The number of nitrogens with one attached hydrogen (secondary N) is 1. The molecule has 0 aliphatic rings. The Balaban J connectivity index is 3.33. The van der Waals surface area contributed by atoms with Gasteiger partial charge in [0.2, 0.25) is 5.91 Å². The van der Waals surface area contributed by atoms with E-state index in [1.54, 1.807) is 0 Å². The van der Waals surface area contributed by atoms with E-state index in [1.165, 1.54) is 379 Å². The Morgan fingerprint density at radius 1 is 0.318 bits per heavy atom. The lowest BCUT2D eigenvalue weighted by molar-refractivity contribution is -0.143. The van der Waals surface area contributed by atoms with Crippen LogP contribution in [-0.2, 0) is 14.3 Å². The van der Waals surface area contributed by atoms with Crippen molar-refractivity contribution in [3.05, 3.63) is 12.2 Å². The first-order chi connectivity index (χ1) is 42.0. The number of allylic oxidation sites excluding steroid dienone is 2. The fourth-order valence-corrected chi connectivity index (χ4v) is 12.8. The molecule has 0 saturated heterocycles. The molecule has 0 aromatic carbocycles. The summed E-state index contributed by atoms with van der Waals surface area (Å²) in [7, 11) is 0. The molecule has 2 unspecified atom stereocenters. The molecule has 0 spiro atoms. The topological polar surface area (TPSA) is 95.9 Å². The van der Waals surface area contributed by atoms with Crippen LogP contribution in [0, 0.1) is 0 Å². The number of unbranched alkanes of at least 4 members (excludes halogenated alkanes) is 62. The predicted octanol–water partition coefficient (Wildman–Crippen LogP) is 25.9. The zero-order valence-corrected chi connectivity index (χ0v) is 58.1. The largest absolute Gasteiger partial charge is 0.466 e. The van der Waals surface area contributed by atoms with Crippen LogP contribution in [0.3, 0.4) is 0 Å². The molecule has 0 bridgehead atoms. The maximum absolute atomic E-state index is 12.6. The van der Waals surface area contributed by atoms with Crippen LogP contribution in [0.25, 0.3) is 0 Å². The van der Waals surface area contributed by atoms with Gasteiger partial charge in [-0.3, -0.25) is 9.59 Å². The van der Waals surface area contributed by atoms with E-state index in [4.69, 9.17) is 4.74 Å². The normalized spacial score (nSPS) is 12.5. The van der Waals surface area contributed by atoms with Crippen molar-refractivity contribution in [2.75, 3.05) is 13.2 Å². The van der Waals surface area contributed by atoms with Crippen LogP contribution in [0.2, 0.25) is 0 Å². The first-order valence-corrected chi connectivity index (χ1v) is 39.4. The Labute approximate surface area is 533 Å². The molecule has 0 aromatic heterocycles. The number of hydrogen-bond acceptors (Lipinski definition) is 5. The molecule has 0 saturated carbocycles. The highest BCUT2D eigenvalue weighted by atomic mass is 16.5. The third-order valence-electron chi connectivity index (χ3n) is 18.8. The van der Waals surface area contributed by atoms with Gasteiger partial charge in [0.1, 0.15) is 0 Å². The van der Waals surface area contributed by atoms with E-state index in [0.29, 0.717) is 25.9 Å². The van der Waals surface area contributed by atoms with Crippen molar-refractivity contribution < 1.29 is 24.5 Å². The molecule has 6 nitrogen and oxygen atoms in total. The summed E-state index contributed by atoms with van der Waals surface area (Å²) >= 11 is 0. The monoisotopic (exact) mass is 1200 g/mol. The molecule has 0 rings (SSSR count). The number of carbonyl (C=O) groups excluding carboxylic acids is 2. The Morgan fingerprint density at radius 3 is 0.859 bits per heavy atom. The highest BCUT2D eigenvalue weighted by Crippen LogP contribution is 2.20. The Morgan fingerprint density at radius 2 is 0.553 bits per heavy atom. The molecule has 0 fully saturated rings. The lowest BCUT2D eigenvalue weighted by Gasteiger charge is -2.22. The average Bonchev–Trinajstić information content (AvgIpc) is 3.51. The van der Waals surface area contributed by atoms with Gasteiger partial charge in [-0.05, 0) is 51.4 Å². The molecule has 85 heavy (non-hydrogen) atoms. The van der Waals surface area contributed by atoms with Crippen molar-refractivity contribution in [1.82, 2.24) is 5.32 Å². The number of aliphatic hydroxyl groups is 2. The second-order valence-electron chi connectivity index (χ2n) is 27.4. The van der Waals surface area contributed by atoms with Gasteiger partial charge in [-0.1, -0.05) is 405 Å². The molecular weight excluding hydrogens is 1040 g/mol. The van der Waals surface area contributed by atoms with Crippen LogP contribution in [-0.4, -0.2) is 47.4 Å². The van der Waals surface area contributed by atoms with E-state index in [0.717, 1.165) is 44.9 Å². The lowest BCUT2D eigenvalue weighted by Crippen LogP contribution is -2.45. The maximum Gasteiger partial charge on any atom is 0.305 e. The zero-order chi connectivity index (χ0) is 61.3. The van der Waals surface area contributed by atoms with Crippen LogP contribution in [0.15, 0.2) is 12.2 Å². The van der Waals surface area contributed by atoms with Gasteiger partial charge in [0.25, 0.3) is 0 Å². The molecule has 6 heteroatoms. The van der Waals surface area contributed by atoms with Crippen molar-refractivity contribution in [3.63, 3.8) is 0 Å². The van der Waals surface area contributed by atoms with Gasteiger partial charge in [0, 0.05) is 12.8 Å². The second-order valence-corrected chi connectivity index (χ2v) is 27.4. The highest BCUT2D eigenvalue weighted by molar-refractivity contribution is 5.76. The van der Waals surface area contributed by atoms with Crippen molar-refractivity contribution in [3.8, 4) is 0 Å². The van der Waals surface area contributed by atoms with Crippen molar-refractivity contribution in [2.24, 2.45) is 0 Å². The standard InChI is InChI=1S/C79H155NO5/c1-3-5-7-9-11-13-15-17-18-19-20-21-22-30-33-36-39-42-45-48-51-55-59-63-67-71-77(82)76(75-81)80-78(83)72-68-64-60-56-52-49-46-43-40-37-34-31-28-26-24-23-25-27-29-32-35-38-41-44-47-50-54-58-62-66-70-74-85-79(84)73-69-65-61-57-53-16-14-12-10-8-6-4-2/h12,14,76-77,81-82H,3-11,13,15-75H2,1-2H3,(H,80,83)/b14-12-. The quantitative estimate of drug-likeness (QED) is 0.0320. The minimum Gasteiger partial charge on any atom is -0.466 e. The lowest BCUT2D eigenvalue weighted by atomic mass is 10.0. The molecule has 0 radical (unpaired) electrons. The fraction of sp³-hybridized carbons (Fsp3) is 0.949. The summed E-state index contributed by atoms with van der Waals surface area (Å²) in [6.45, 7) is 4.98. The van der Waals surface area contributed by atoms with Gasteiger partial charge in [0.05, 0.1) is 25.4 Å². The minimum absolute atomic E-state index is 0.0117.